The Hall–Kier alpha value is -3.38. The van der Waals surface area contributed by atoms with Crippen LogP contribution < -0.4 is 21.9 Å². The molecule has 31 heavy (non-hydrogen) atoms. The third-order valence-electron chi connectivity index (χ3n) is 5.63. The van der Waals surface area contributed by atoms with Crippen molar-refractivity contribution in [2.45, 2.75) is 45.8 Å². The second-order valence-electron chi connectivity index (χ2n) is 7.95. The number of anilines is 1. The Bertz CT molecular complexity index is 1310. The Balaban J connectivity index is 1.93. The third kappa shape index (κ3) is 3.86. The molecular weight excluding hydrogens is 394 g/mol. The van der Waals surface area contributed by atoms with Crippen LogP contribution in [0.3, 0.4) is 0 Å². The minimum Gasteiger partial charge on any atom is -0.341 e. The lowest BCUT2D eigenvalue weighted by Gasteiger charge is -2.31. The van der Waals surface area contributed by atoms with Crippen molar-refractivity contribution in [3.63, 3.8) is 0 Å². The summed E-state index contributed by atoms with van der Waals surface area (Å²) in [6.07, 6.45) is 1.91. The lowest BCUT2D eigenvalue weighted by molar-refractivity contribution is 0.496. The largest absolute Gasteiger partial charge is 0.341 e. The maximum absolute atomic E-state index is 13.5. The van der Waals surface area contributed by atoms with E-state index in [1.54, 1.807) is 14.0 Å². The summed E-state index contributed by atoms with van der Waals surface area (Å²) in [6, 6.07) is 5.60. The highest BCUT2D eigenvalue weighted by molar-refractivity contribution is 5.75. The number of fused-ring (bicyclic) bond motifs is 1. The van der Waals surface area contributed by atoms with Crippen LogP contribution in [0.15, 0.2) is 27.8 Å². The molecule has 0 amide bonds. The Morgan fingerprint density at radius 3 is 2.74 bits per heavy atom. The summed E-state index contributed by atoms with van der Waals surface area (Å²) in [5.41, 5.74) is 7.57. The fourth-order valence-electron chi connectivity index (χ4n) is 4.09. The summed E-state index contributed by atoms with van der Waals surface area (Å²) in [5, 5.41) is 0. The molecule has 1 aliphatic rings. The molecule has 0 aromatic carbocycles. The highest BCUT2D eigenvalue weighted by atomic mass is 16.2. The lowest BCUT2D eigenvalue weighted by Crippen LogP contribution is -2.44. The number of pyridine rings is 1. The molecular formula is C22H27N7O2. The van der Waals surface area contributed by atoms with Crippen molar-refractivity contribution in [3.05, 3.63) is 50.4 Å². The number of hydrogen-bond donors (Lipinski definition) is 1. The van der Waals surface area contributed by atoms with Crippen LogP contribution >= 0.6 is 0 Å². The predicted molar refractivity (Wildman–Crippen MR) is 120 cm³/mol. The number of hydrogen-bond acceptors (Lipinski definition) is 6. The van der Waals surface area contributed by atoms with Gasteiger partial charge in [0, 0.05) is 31.9 Å². The van der Waals surface area contributed by atoms with E-state index in [-0.39, 0.29) is 18.1 Å². The molecule has 1 saturated heterocycles. The molecule has 1 atom stereocenters. The minimum absolute atomic E-state index is 0.0483. The first-order valence-corrected chi connectivity index (χ1v) is 10.4. The number of aromatic nitrogens is 5. The molecule has 9 heteroatoms. The van der Waals surface area contributed by atoms with E-state index in [1.165, 1.54) is 9.13 Å². The maximum atomic E-state index is 13.5. The van der Waals surface area contributed by atoms with Crippen LogP contribution in [0.1, 0.15) is 31.2 Å². The van der Waals surface area contributed by atoms with Crippen LogP contribution in [0, 0.1) is 18.8 Å². The van der Waals surface area contributed by atoms with Crippen LogP contribution in [0.25, 0.3) is 11.2 Å². The Morgan fingerprint density at radius 2 is 2.03 bits per heavy atom. The average Bonchev–Trinajstić information content (AvgIpc) is 3.13. The van der Waals surface area contributed by atoms with E-state index in [2.05, 4.69) is 21.7 Å². The van der Waals surface area contributed by atoms with E-state index in [0.29, 0.717) is 35.9 Å². The first-order chi connectivity index (χ1) is 14.9. The summed E-state index contributed by atoms with van der Waals surface area (Å²) >= 11 is 0. The van der Waals surface area contributed by atoms with Gasteiger partial charge in [0.1, 0.15) is 0 Å². The zero-order valence-electron chi connectivity index (χ0n) is 18.1. The molecule has 9 nitrogen and oxygen atoms in total. The Labute approximate surface area is 180 Å². The van der Waals surface area contributed by atoms with Gasteiger partial charge >= 0.3 is 5.69 Å². The van der Waals surface area contributed by atoms with Crippen molar-refractivity contribution in [1.82, 2.24) is 23.7 Å². The van der Waals surface area contributed by atoms with E-state index < -0.39 is 5.69 Å². The van der Waals surface area contributed by atoms with Crippen molar-refractivity contribution in [1.29, 1.82) is 0 Å². The molecule has 4 rings (SSSR count). The second-order valence-corrected chi connectivity index (χ2v) is 7.95. The smallest absolute Gasteiger partial charge is 0.332 e. The summed E-state index contributed by atoms with van der Waals surface area (Å²) in [4.78, 5) is 37.8. The molecule has 0 spiro atoms. The van der Waals surface area contributed by atoms with Gasteiger partial charge in [0.2, 0.25) is 5.95 Å². The summed E-state index contributed by atoms with van der Waals surface area (Å²) < 4.78 is 4.45. The molecule has 0 saturated carbocycles. The SMILES string of the molecule is CC#CCn1c(N2CCC[C@@H](N)C2)nc2c1c(=O)n(Cc1cccc(C)n1)c(=O)n2C. The van der Waals surface area contributed by atoms with Gasteiger partial charge in [0.05, 0.1) is 18.8 Å². The molecule has 3 aromatic rings. The summed E-state index contributed by atoms with van der Waals surface area (Å²) in [7, 11) is 1.64. The maximum Gasteiger partial charge on any atom is 0.332 e. The first kappa shape index (κ1) is 20.9. The first-order valence-electron chi connectivity index (χ1n) is 10.4. The predicted octanol–water partition coefficient (Wildman–Crippen LogP) is 0.599. The van der Waals surface area contributed by atoms with E-state index >= 15 is 0 Å². The Morgan fingerprint density at radius 1 is 1.23 bits per heavy atom. The third-order valence-corrected chi connectivity index (χ3v) is 5.63. The molecule has 3 aromatic heterocycles. The van der Waals surface area contributed by atoms with Crippen molar-refractivity contribution >= 4 is 17.1 Å². The highest BCUT2D eigenvalue weighted by Gasteiger charge is 2.26. The number of nitrogens with zero attached hydrogens (tertiary/aromatic N) is 6. The molecule has 0 aliphatic carbocycles. The van der Waals surface area contributed by atoms with Gasteiger partial charge in [0.15, 0.2) is 11.2 Å². The highest BCUT2D eigenvalue weighted by Crippen LogP contribution is 2.22. The second kappa shape index (κ2) is 8.40. The molecule has 1 fully saturated rings. The Kier molecular flexibility index (Phi) is 5.65. The van der Waals surface area contributed by atoms with Gasteiger partial charge in [-0.25, -0.2) is 4.79 Å². The van der Waals surface area contributed by atoms with Crippen molar-refractivity contribution in [3.8, 4) is 11.8 Å². The topological polar surface area (TPSA) is 104 Å². The van der Waals surface area contributed by atoms with Gasteiger partial charge in [0.25, 0.3) is 5.56 Å². The van der Waals surface area contributed by atoms with Crippen LogP contribution in [0.2, 0.25) is 0 Å². The van der Waals surface area contributed by atoms with Crippen LogP contribution in [-0.4, -0.2) is 42.8 Å². The van der Waals surface area contributed by atoms with Crippen molar-refractivity contribution in [2.24, 2.45) is 12.8 Å². The van der Waals surface area contributed by atoms with Gasteiger partial charge in [-0.1, -0.05) is 12.0 Å². The van der Waals surface area contributed by atoms with Gasteiger partial charge < -0.3 is 10.6 Å². The van der Waals surface area contributed by atoms with Gasteiger partial charge in [-0.05, 0) is 38.8 Å². The zero-order chi connectivity index (χ0) is 22.1. The van der Waals surface area contributed by atoms with E-state index in [1.807, 2.05) is 29.7 Å². The average molecular weight is 422 g/mol. The fourth-order valence-corrected chi connectivity index (χ4v) is 4.09. The van der Waals surface area contributed by atoms with E-state index in [9.17, 15) is 9.59 Å². The van der Waals surface area contributed by atoms with Crippen molar-refractivity contribution in [2.75, 3.05) is 18.0 Å². The van der Waals surface area contributed by atoms with Crippen LogP contribution in [-0.2, 0) is 20.1 Å². The van der Waals surface area contributed by atoms with Crippen molar-refractivity contribution < 1.29 is 0 Å². The summed E-state index contributed by atoms with van der Waals surface area (Å²) in [6.45, 7) is 5.49. The normalized spacial score (nSPS) is 16.4. The number of rotatable bonds is 4. The molecule has 2 N–H and O–H groups in total. The summed E-state index contributed by atoms with van der Waals surface area (Å²) in [5.74, 6) is 6.56. The van der Waals surface area contributed by atoms with Gasteiger partial charge in [-0.2, -0.15) is 4.98 Å². The van der Waals surface area contributed by atoms with Gasteiger partial charge in [-0.3, -0.25) is 23.5 Å². The lowest BCUT2D eigenvalue weighted by atomic mass is 10.1. The fraction of sp³-hybridized carbons (Fsp3) is 0.455. The van der Waals surface area contributed by atoms with E-state index in [0.717, 1.165) is 25.1 Å². The van der Waals surface area contributed by atoms with E-state index in [4.69, 9.17) is 10.7 Å². The number of piperidine rings is 1. The molecule has 162 valence electrons. The molecule has 0 bridgehead atoms. The quantitative estimate of drug-likeness (QED) is 0.619. The zero-order valence-corrected chi connectivity index (χ0v) is 18.1. The minimum atomic E-state index is -0.422. The van der Waals surface area contributed by atoms with Crippen LogP contribution in [0.4, 0.5) is 5.95 Å². The molecule has 4 heterocycles. The number of nitrogens with two attached hydrogens (primary N) is 1. The number of imidazole rings is 1. The molecule has 0 radical (unpaired) electrons. The van der Waals surface area contributed by atoms with Crippen LogP contribution in [0.5, 0.6) is 0 Å². The monoisotopic (exact) mass is 421 g/mol. The van der Waals surface area contributed by atoms with Gasteiger partial charge in [-0.15, -0.1) is 5.92 Å². The molecule has 0 unspecified atom stereocenters. The standard InChI is InChI=1S/C22H27N7O2/c1-4-5-12-28-18-19(25-21(28)27-11-7-9-16(23)13-27)26(3)22(31)29(20(18)30)14-17-10-6-8-15(2)24-17/h6,8,10,16H,7,9,11-14,23H2,1-3H3/t16-/m1/s1. The molecule has 1 aliphatic heterocycles. The number of aryl methyl sites for hydroxylation is 2.